The second-order valence-electron chi connectivity index (χ2n) is 3.53. The highest BCUT2D eigenvalue weighted by Gasteiger charge is 2.21. The van der Waals surface area contributed by atoms with Gasteiger partial charge < -0.3 is 0 Å². The van der Waals surface area contributed by atoms with Crippen LogP contribution in [0.3, 0.4) is 0 Å². The Labute approximate surface area is 76.5 Å². The smallest absolute Gasteiger partial charge is 0.258 e. The highest BCUT2D eigenvalue weighted by molar-refractivity contribution is 5.50. The lowest BCUT2D eigenvalue weighted by Crippen LogP contribution is -1.95. The highest BCUT2D eigenvalue weighted by Crippen LogP contribution is 2.31. The molecule has 0 bridgehead atoms. The van der Waals surface area contributed by atoms with E-state index in [1.165, 1.54) is 5.56 Å². The zero-order valence-corrected chi connectivity index (χ0v) is 7.54. The van der Waals surface area contributed by atoms with E-state index in [1.807, 2.05) is 6.92 Å². The second-order valence-corrected chi connectivity index (χ2v) is 3.53. The Bertz CT molecular complexity index is 371. The normalized spacial score (nSPS) is 14.2. The molecule has 0 fully saturated rings. The van der Waals surface area contributed by atoms with Gasteiger partial charge in [-0.1, -0.05) is 6.07 Å². The maximum Gasteiger partial charge on any atom is 0.273 e. The number of aryl methyl sites for hydroxylation is 2. The molecule has 0 amide bonds. The summed E-state index contributed by atoms with van der Waals surface area (Å²) in [5.41, 5.74) is 3.43. The van der Waals surface area contributed by atoms with E-state index < -0.39 is 0 Å². The van der Waals surface area contributed by atoms with E-state index in [0.29, 0.717) is 5.69 Å². The summed E-state index contributed by atoms with van der Waals surface area (Å²) in [6.07, 6.45) is 2.92. The molecule has 1 aliphatic rings. The van der Waals surface area contributed by atoms with E-state index in [-0.39, 0.29) is 4.92 Å². The highest BCUT2D eigenvalue weighted by atomic mass is 16.6. The molecule has 0 heterocycles. The van der Waals surface area contributed by atoms with E-state index in [0.717, 1.165) is 30.4 Å². The van der Waals surface area contributed by atoms with Gasteiger partial charge in [0.1, 0.15) is 0 Å². The van der Waals surface area contributed by atoms with Gasteiger partial charge in [0.25, 0.3) is 5.69 Å². The molecule has 0 aliphatic heterocycles. The predicted molar refractivity (Wildman–Crippen MR) is 49.9 cm³/mol. The van der Waals surface area contributed by atoms with Gasteiger partial charge in [0.05, 0.1) is 4.92 Å². The van der Waals surface area contributed by atoms with Crippen molar-refractivity contribution in [2.45, 2.75) is 26.2 Å². The van der Waals surface area contributed by atoms with Crippen molar-refractivity contribution in [2.24, 2.45) is 0 Å². The van der Waals surface area contributed by atoms with Crippen molar-refractivity contribution in [3.05, 3.63) is 38.9 Å². The Balaban J connectivity index is 2.62. The summed E-state index contributed by atoms with van der Waals surface area (Å²) in [5, 5.41) is 10.7. The standard InChI is InChI=1S/C10H11NO2/c1-7-5-8-3-2-4-9(8)10(6-7)11(12)13/h5-6H,2-4H2,1H3. The first kappa shape index (κ1) is 8.23. The van der Waals surface area contributed by atoms with Gasteiger partial charge in [-0.3, -0.25) is 10.1 Å². The van der Waals surface area contributed by atoms with Crippen molar-refractivity contribution in [1.29, 1.82) is 0 Å². The van der Waals surface area contributed by atoms with Gasteiger partial charge in [0.15, 0.2) is 0 Å². The van der Waals surface area contributed by atoms with Gasteiger partial charge in [-0.2, -0.15) is 0 Å². The SMILES string of the molecule is Cc1cc2c(c([N+](=O)[O-])c1)CCC2. The van der Waals surface area contributed by atoms with E-state index >= 15 is 0 Å². The lowest BCUT2D eigenvalue weighted by atomic mass is 10.1. The topological polar surface area (TPSA) is 43.1 Å². The van der Waals surface area contributed by atoms with Crippen molar-refractivity contribution >= 4 is 5.69 Å². The molecule has 13 heavy (non-hydrogen) atoms. The Hall–Kier alpha value is -1.38. The molecule has 3 heteroatoms. The van der Waals surface area contributed by atoms with Gasteiger partial charge in [-0.05, 0) is 37.3 Å². The van der Waals surface area contributed by atoms with Crippen LogP contribution in [0.5, 0.6) is 0 Å². The molecule has 3 nitrogen and oxygen atoms in total. The molecule has 0 spiro atoms. The quantitative estimate of drug-likeness (QED) is 0.488. The molecular formula is C10H11NO2. The minimum atomic E-state index is -0.267. The average molecular weight is 177 g/mol. The van der Waals surface area contributed by atoms with Crippen LogP contribution < -0.4 is 0 Å². The van der Waals surface area contributed by atoms with Gasteiger partial charge >= 0.3 is 0 Å². The maximum atomic E-state index is 10.7. The number of nitro benzene ring substituents is 1. The lowest BCUT2D eigenvalue weighted by Gasteiger charge is -2.01. The minimum absolute atomic E-state index is 0.267. The summed E-state index contributed by atoms with van der Waals surface area (Å²) in [5.74, 6) is 0. The van der Waals surface area contributed by atoms with Crippen LogP contribution in [0.1, 0.15) is 23.1 Å². The van der Waals surface area contributed by atoms with Crippen molar-refractivity contribution in [1.82, 2.24) is 0 Å². The molecule has 68 valence electrons. The van der Waals surface area contributed by atoms with E-state index in [1.54, 1.807) is 6.07 Å². The first-order valence-electron chi connectivity index (χ1n) is 4.45. The van der Waals surface area contributed by atoms with Crippen LogP contribution >= 0.6 is 0 Å². The van der Waals surface area contributed by atoms with E-state index in [9.17, 15) is 10.1 Å². The molecule has 0 radical (unpaired) electrons. The summed E-state index contributed by atoms with van der Waals surface area (Å²) in [6.45, 7) is 1.91. The third kappa shape index (κ3) is 1.30. The monoisotopic (exact) mass is 177 g/mol. The number of rotatable bonds is 1. The molecule has 2 rings (SSSR count). The van der Waals surface area contributed by atoms with Crippen molar-refractivity contribution in [2.75, 3.05) is 0 Å². The number of fused-ring (bicyclic) bond motifs is 1. The zero-order chi connectivity index (χ0) is 9.42. The number of nitro groups is 1. The fourth-order valence-corrected chi connectivity index (χ4v) is 2.00. The molecule has 0 N–H and O–H groups in total. The summed E-state index contributed by atoms with van der Waals surface area (Å²) in [7, 11) is 0. The molecule has 0 atom stereocenters. The van der Waals surface area contributed by atoms with Crippen LogP contribution in [0, 0.1) is 17.0 Å². The average Bonchev–Trinajstić information content (AvgIpc) is 2.49. The van der Waals surface area contributed by atoms with Crippen LogP contribution in [0.4, 0.5) is 5.69 Å². The van der Waals surface area contributed by atoms with Gasteiger partial charge in [0, 0.05) is 11.6 Å². The molecule has 1 aromatic carbocycles. The number of hydrogen-bond donors (Lipinski definition) is 0. The fourth-order valence-electron chi connectivity index (χ4n) is 2.00. The zero-order valence-electron chi connectivity index (χ0n) is 7.54. The largest absolute Gasteiger partial charge is 0.273 e. The van der Waals surface area contributed by atoms with E-state index in [4.69, 9.17) is 0 Å². The van der Waals surface area contributed by atoms with Gasteiger partial charge in [0.2, 0.25) is 0 Å². The predicted octanol–water partition coefficient (Wildman–Crippen LogP) is 2.39. The Morgan fingerprint density at radius 2 is 2.15 bits per heavy atom. The first-order chi connectivity index (χ1) is 6.18. The van der Waals surface area contributed by atoms with E-state index in [2.05, 4.69) is 6.07 Å². The van der Waals surface area contributed by atoms with Crippen LogP contribution in [-0.2, 0) is 12.8 Å². The summed E-state index contributed by atoms with van der Waals surface area (Å²) in [4.78, 5) is 10.5. The van der Waals surface area contributed by atoms with Gasteiger partial charge in [-0.25, -0.2) is 0 Å². The van der Waals surface area contributed by atoms with Crippen molar-refractivity contribution in [3.8, 4) is 0 Å². The third-order valence-corrected chi connectivity index (χ3v) is 2.53. The van der Waals surface area contributed by atoms with Gasteiger partial charge in [-0.15, -0.1) is 0 Å². The first-order valence-corrected chi connectivity index (χ1v) is 4.45. The molecule has 0 saturated heterocycles. The molecule has 0 aromatic heterocycles. The Kier molecular flexibility index (Phi) is 1.79. The maximum absolute atomic E-state index is 10.7. The molecule has 1 aromatic rings. The summed E-state index contributed by atoms with van der Waals surface area (Å²) in [6, 6.07) is 3.74. The Morgan fingerprint density at radius 1 is 1.38 bits per heavy atom. The lowest BCUT2D eigenvalue weighted by molar-refractivity contribution is -0.385. The minimum Gasteiger partial charge on any atom is -0.258 e. The van der Waals surface area contributed by atoms with Crippen LogP contribution in [0.15, 0.2) is 12.1 Å². The number of benzene rings is 1. The van der Waals surface area contributed by atoms with Crippen molar-refractivity contribution in [3.63, 3.8) is 0 Å². The molecule has 0 saturated carbocycles. The van der Waals surface area contributed by atoms with Crippen LogP contribution in [0.2, 0.25) is 0 Å². The summed E-state index contributed by atoms with van der Waals surface area (Å²) >= 11 is 0. The van der Waals surface area contributed by atoms with Crippen LogP contribution in [-0.4, -0.2) is 4.92 Å². The molecule has 1 aliphatic carbocycles. The number of hydrogen-bond acceptors (Lipinski definition) is 2. The van der Waals surface area contributed by atoms with Crippen LogP contribution in [0.25, 0.3) is 0 Å². The third-order valence-electron chi connectivity index (χ3n) is 2.53. The summed E-state index contributed by atoms with van der Waals surface area (Å²) < 4.78 is 0. The Morgan fingerprint density at radius 3 is 2.85 bits per heavy atom. The molecular weight excluding hydrogens is 166 g/mol. The number of nitrogens with zero attached hydrogens (tertiary/aromatic N) is 1. The molecule has 0 unspecified atom stereocenters. The fraction of sp³-hybridized carbons (Fsp3) is 0.400. The second kappa shape index (κ2) is 2.83. The van der Waals surface area contributed by atoms with Crippen molar-refractivity contribution < 1.29 is 4.92 Å².